The van der Waals surface area contributed by atoms with E-state index in [1.165, 1.54) is 46.4 Å². The standard InChI is InChI=1S/C8H9NO.C7H4FNO2S.3C7H6FNO.C7H6FNS/c1-5-6(2)9-7-3-4-10-8(5)7;8-4-2-12-6-3(4)1-5(9-6)7(10)11;1-4-2-6-7(9-4)5(8)3-10-6;1-4-2-6-5(9-4)3-7(8)10-6;1-4-6(8)7-5(9-4)2-3-10-7;1-4-6(8)5-2-3-10-7(5)9-4/h3-4,9H,1-2H3;1-2,9H,(H,10,11);4*2-3,9H,1H3. The van der Waals surface area contributed by atoms with Crippen LogP contribution in [0.25, 0.3) is 64.8 Å². The SMILES string of the molecule is Cc1[nH]c2ccoc2c1C.Cc1[nH]c2ccoc2c1F.Cc1[nH]c2sccc2c1F.Cc1cc2oc(F)cc2[nH]1.Cc1cc2occ(F)c2[nH]1.O=C(O)c1cc2c(F)csc2[nH]1. The monoisotopic (exact) mass is 892 g/mol. The van der Waals surface area contributed by atoms with E-state index in [9.17, 15) is 26.7 Å². The molecule has 322 valence electrons. The number of thiophene rings is 2. The van der Waals surface area contributed by atoms with Crippen molar-refractivity contribution in [3.8, 4) is 0 Å². The van der Waals surface area contributed by atoms with Gasteiger partial charge in [-0.2, -0.15) is 4.39 Å². The van der Waals surface area contributed by atoms with E-state index < -0.39 is 12.0 Å². The van der Waals surface area contributed by atoms with Crippen LogP contribution in [0.2, 0.25) is 0 Å². The zero-order valence-corrected chi connectivity index (χ0v) is 35.3. The summed E-state index contributed by atoms with van der Waals surface area (Å²) in [7, 11) is 0. The number of carboxylic acids is 1. The molecule has 12 nitrogen and oxygen atoms in total. The molecule has 0 bridgehead atoms. The Morgan fingerprint density at radius 3 is 1.90 bits per heavy atom. The van der Waals surface area contributed by atoms with Gasteiger partial charge in [-0.05, 0) is 59.1 Å². The summed E-state index contributed by atoms with van der Waals surface area (Å²) in [5.41, 5.74) is 10.9. The number of aromatic carboxylic acids is 1. The number of hydrogen-bond acceptors (Lipinski definition) is 7. The highest BCUT2D eigenvalue weighted by molar-refractivity contribution is 7.17. The maximum absolute atomic E-state index is 13.0. The van der Waals surface area contributed by atoms with E-state index in [0.29, 0.717) is 49.3 Å². The molecule has 0 saturated heterocycles. The lowest BCUT2D eigenvalue weighted by Gasteiger charge is -1.84. The highest BCUT2D eigenvalue weighted by Crippen LogP contribution is 2.27. The Balaban J connectivity index is 0.000000112. The third-order valence-corrected chi connectivity index (χ3v) is 11.1. The number of nitrogens with one attached hydrogen (secondary N) is 6. The Kier molecular flexibility index (Phi) is 12.4. The first-order chi connectivity index (χ1) is 29.6. The van der Waals surface area contributed by atoms with Crippen molar-refractivity contribution in [3.05, 3.63) is 141 Å². The van der Waals surface area contributed by atoms with E-state index in [2.05, 4.69) is 36.8 Å². The minimum absolute atomic E-state index is 0.0238. The number of halogens is 5. The van der Waals surface area contributed by atoms with E-state index in [1.54, 1.807) is 44.4 Å². The minimum Gasteiger partial charge on any atom is -0.477 e. The maximum Gasteiger partial charge on any atom is 0.352 e. The summed E-state index contributed by atoms with van der Waals surface area (Å²) in [6, 6.07) is 11.0. The molecule has 0 unspecified atom stereocenters. The number of carboxylic acid groups (broad SMARTS) is 1. The van der Waals surface area contributed by atoms with Gasteiger partial charge >= 0.3 is 5.97 Å². The van der Waals surface area contributed by atoms with Gasteiger partial charge in [0.25, 0.3) is 6.01 Å². The molecular weight excluding hydrogens is 856 g/mol. The molecule has 0 aliphatic rings. The molecule has 0 radical (unpaired) electrons. The van der Waals surface area contributed by atoms with Gasteiger partial charge in [-0.15, -0.1) is 22.7 Å². The van der Waals surface area contributed by atoms with Crippen LogP contribution in [0.15, 0.2) is 89.7 Å². The molecule has 0 saturated carbocycles. The first kappa shape index (κ1) is 43.0. The van der Waals surface area contributed by atoms with Gasteiger partial charge < -0.3 is 52.7 Å². The quantitative estimate of drug-likeness (QED) is 0.0804. The average Bonchev–Trinajstić information content (AvgIpc) is 4.05. The second kappa shape index (κ2) is 17.8. The van der Waals surface area contributed by atoms with Crippen LogP contribution in [0.5, 0.6) is 0 Å². The zero-order chi connectivity index (χ0) is 44.4. The zero-order valence-electron chi connectivity index (χ0n) is 33.6. The molecule has 0 aromatic carbocycles. The van der Waals surface area contributed by atoms with Crippen LogP contribution >= 0.6 is 22.7 Å². The first-order valence-corrected chi connectivity index (χ1v) is 20.2. The molecule has 62 heavy (non-hydrogen) atoms. The summed E-state index contributed by atoms with van der Waals surface area (Å²) in [6.45, 7) is 11.3. The molecule has 0 aliphatic carbocycles. The van der Waals surface area contributed by atoms with Crippen molar-refractivity contribution in [1.82, 2.24) is 29.9 Å². The maximum atomic E-state index is 13.0. The van der Waals surface area contributed by atoms with Crippen LogP contribution in [0, 0.1) is 70.8 Å². The van der Waals surface area contributed by atoms with Crippen molar-refractivity contribution in [2.75, 3.05) is 0 Å². The van der Waals surface area contributed by atoms with Gasteiger partial charge in [0.2, 0.25) is 0 Å². The fourth-order valence-corrected chi connectivity index (χ4v) is 7.84. The number of H-pyrrole nitrogens is 6. The molecule has 19 heteroatoms. The van der Waals surface area contributed by atoms with Crippen LogP contribution in [0.4, 0.5) is 22.0 Å². The topological polar surface area (TPSA) is 185 Å². The van der Waals surface area contributed by atoms with Crippen LogP contribution in [0.1, 0.15) is 44.5 Å². The number of carbonyl (C=O) groups is 1. The van der Waals surface area contributed by atoms with Gasteiger partial charge in [0.15, 0.2) is 39.8 Å². The second-order valence-electron chi connectivity index (χ2n) is 13.9. The highest BCUT2D eigenvalue weighted by atomic mass is 32.1. The van der Waals surface area contributed by atoms with E-state index in [-0.39, 0.29) is 29.0 Å². The van der Waals surface area contributed by atoms with Crippen molar-refractivity contribution in [1.29, 1.82) is 0 Å². The average molecular weight is 893 g/mol. The van der Waals surface area contributed by atoms with Gasteiger partial charge in [-0.1, -0.05) is 0 Å². The van der Waals surface area contributed by atoms with Crippen molar-refractivity contribution in [2.24, 2.45) is 0 Å². The van der Waals surface area contributed by atoms with E-state index in [4.69, 9.17) is 22.8 Å². The Labute approximate surface area is 354 Å². The van der Waals surface area contributed by atoms with Crippen molar-refractivity contribution >= 4 is 93.5 Å². The lowest BCUT2D eigenvalue weighted by molar-refractivity contribution is 0.0691. The number of furan rings is 4. The van der Waals surface area contributed by atoms with Crippen LogP contribution < -0.4 is 0 Å². The summed E-state index contributed by atoms with van der Waals surface area (Å²) in [6.07, 6.45) is 4.26. The van der Waals surface area contributed by atoms with E-state index in [1.807, 2.05) is 32.2 Å². The molecule has 0 fully saturated rings. The third-order valence-electron chi connectivity index (χ3n) is 9.34. The second-order valence-corrected chi connectivity index (χ2v) is 15.7. The fourth-order valence-electron chi connectivity index (χ4n) is 6.20. The smallest absolute Gasteiger partial charge is 0.352 e. The van der Waals surface area contributed by atoms with Gasteiger partial charge in [-0.3, -0.25) is 0 Å². The van der Waals surface area contributed by atoms with Crippen LogP contribution in [-0.2, 0) is 0 Å². The van der Waals surface area contributed by atoms with Crippen molar-refractivity contribution in [2.45, 2.75) is 41.5 Å². The molecule has 7 N–H and O–H groups in total. The number of aromatic nitrogens is 6. The number of aryl methyl sites for hydroxylation is 6. The molecular formula is C43H37F5N6O6S2. The fraction of sp³-hybridized carbons (Fsp3) is 0.140. The Hall–Kier alpha value is -7.12. The summed E-state index contributed by atoms with van der Waals surface area (Å²) in [5, 5.41) is 12.8. The predicted octanol–water partition coefficient (Wildman–Crippen LogP) is 13.7. The number of rotatable bonds is 1. The van der Waals surface area contributed by atoms with E-state index in [0.717, 1.165) is 56.0 Å². The molecule has 0 amide bonds. The number of aromatic amines is 6. The van der Waals surface area contributed by atoms with Crippen molar-refractivity contribution in [3.63, 3.8) is 0 Å². The summed E-state index contributed by atoms with van der Waals surface area (Å²) < 4.78 is 83.2. The Morgan fingerprint density at radius 2 is 1.26 bits per heavy atom. The number of fused-ring (bicyclic) bond motifs is 6. The molecule has 12 rings (SSSR count). The van der Waals surface area contributed by atoms with Crippen LogP contribution in [0.3, 0.4) is 0 Å². The summed E-state index contributed by atoms with van der Waals surface area (Å²) in [5.74, 6) is -2.18. The summed E-state index contributed by atoms with van der Waals surface area (Å²) >= 11 is 2.69. The van der Waals surface area contributed by atoms with Gasteiger partial charge in [0, 0.05) is 74.8 Å². The molecule has 0 spiro atoms. The van der Waals surface area contributed by atoms with Gasteiger partial charge in [0.1, 0.15) is 33.0 Å². The van der Waals surface area contributed by atoms with Crippen LogP contribution in [-0.4, -0.2) is 41.0 Å². The largest absolute Gasteiger partial charge is 0.477 e. The van der Waals surface area contributed by atoms with Gasteiger partial charge in [-0.25, -0.2) is 22.4 Å². The predicted molar refractivity (Wildman–Crippen MR) is 230 cm³/mol. The minimum atomic E-state index is -1.07. The summed E-state index contributed by atoms with van der Waals surface area (Å²) in [4.78, 5) is 29.3. The normalized spacial score (nSPS) is 11.0. The lowest BCUT2D eigenvalue weighted by Crippen LogP contribution is -1.94. The highest BCUT2D eigenvalue weighted by Gasteiger charge is 2.12. The third kappa shape index (κ3) is 9.13. The lowest BCUT2D eigenvalue weighted by atomic mass is 10.3. The molecule has 12 heterocycles. The Bertz CT molecular complexity index is 3170. The Morgan fingerprint density at radius 1 is 0.613 bits per heavy atom. The first-order valence-electron chi connectivity index (χ1n) is 18.5. The molecule has 12 aromatic rings. The molecule has 0 atom stereocenters. The molecule has 0 aliphatic heterocycles. The van der Waals surface area contributed by atoms with Crippen molar-refractivity contribution < 1.29 is 49.5 Å². The van der Waals surface area contributed by atoms with Gasteiger partial charge in [0.05, 0.1) is 34.8 Å². The van der Waals surface area contributed by atoms with E-state index >= 15 is 0 Å². The number of hydrogen-bond donors (Lipinski definition) is 7. The molecule has 12 aromatic heterocycles.